The second-order valence-corrected chi connectivity index (χ2v) is 12.5. The van der Waals surface area contributed by atoms with Crippen molar-refractivity contribution in [3.63, 3.8) is 0 Å². The molecular weight excluding hydrogens is 533 g/mol. The highest BCUT2D eigenvalue weighted by Gasteiger charge is 2.28. The number of nitrogens with one attached hydrogen (secondary N) is 5. The van der Waals surface area contributed by atoms with E-state index in [0.29, 0.717) is 17.0 Å². The normalized spacial score (nSPS) is 16.8. The van der Waals surface area contributed by atoms with Crippen LogP contribution in [0.2, 0.25) is 5.02 Å². The first-order valence-corrected chi connectivity index (χ1v) is 14.5. The Labute approximate surface area is 227 Å². The predicted molar refractivity (Wildman–Crippen MR) is 148 cm³/mol. The molecule has 13 heteroatoms. The monoisotopic (exact) mass is 565 g/mol. The Bertz CT molecular complexity index is 1330. The summed E-state index contributed by atoms with van der Waals surface area (Å²) in [6.07, 6.45) is 6.35. The molecule has 0 amide bonds. The molecule has 1 saturated carbocycles. The van der Waals surface area contributed by atoms with Crippen LogP contribution in [-0.4, -0.2) is 54.9 Å². The molecule has 2 aromatic rings. The van der Waals surface area contributed by atoms with Crippen molar-refractivity contribution in [3.05, 3.63) is 46.6 Å². The van der Waals surface area contributed by atoms with E-state index in [1.807, 2.05) is 0 Å². The van der Waals surface area contributed by atoms with Gasteiger partial charge in [0.1, 0.15) is 16.6 Å². The van der Waals surface area contributed by atoms with Crippen LogP contribution in [0.5, 0.6) is 5.75 Å². The lowest BCUT2D eigenvalue weighted by Crippen LogP contribution is -2.28. The number of anilines is 3. The summed E-state index contributed by atoms with van der Waals surface area (Å²) >= 11 is 6.29. The number of aromatic nitrogens is 2. The number of ether oxygens (including phenoxy) is 1. The Morgan fingerprint density at radius 3 is 2.61 bits per heavy atom. The Hall–Kier alpha value is -2.96. The summed E-state index contributed by atoms with van der Waals surface area (Å²) in [4.78, 5) is 8.56. The summed E-state index contributed by atoms with van der Waals surface area (Å²) in [5, 5.41) is 18.8. The number of halogens is 2. The summed E-state index contributed by atoms with van der Waals surface area (Å²) in [6.45, 7) is 4.68. The standard InChI is InChI=1S/C25H33ClFN7O3S/c1-14(2)38(35,36)23(28)21(13-29-3)32-24-18(26)12-31-25(34-24)33-20-11-19(27)17(15-6-8-30-9-7-15)10-22(20)37-16-4-5-16/h10-16,28-30H,4-9H2,1-3H3,(H2,31,32,33,34)/b21-13+,28-23?. The number of hydrogen-bond donors (Lipinski definition) is 5. The first kappa shape index (κ1) is 28.1. The van der Waals surface area contributed by atoms with Gasteiger partial charge in [-0.05, 0) is 70.2 Å². The second-order valence-electron chi connectivity index (χ2n) is 9.62. The third kappa shape index (κ3) is 6.54. The van der Waals surface area contributed by atoms with E-state index >= 15 is 4.39 Å². The number of benzene rings is 1. The van der Waals surface area contributed by atoms with Crippen LogP contribution in [0.3, 0.4) is 0 Å². The lowest BCUT2D eigenvalue weighted by molar-refractivity contribution is 0.303. The zero-order valence-electron chi connectivity index (χ0n) is 21.6. The minimum atomic E-state index is -3.87. The first-order chi connectivity index (χ1) is 18.1. The predicted octanol–water partition coefficient (Wildman–Crippen LogP) is 4.29. The molecule has 38 heavy (non-hydrogen) atoms. The van der Waals surface area contributed by atoms with E-state index in [9.17, 15) is 8.42 Å². The molecule has 0 radical (unpaired) electrons. The molecule has 2 fully saturated rings. The summed E-state index contributed by atoms with van der Waals surface area (Å²) in [6, 6.07) is 3.17. The maximum atomic E-state index is 15.3. The Morgan fingerprint density at radius 1 is 1.26 bits per heavy atom. The van der Waals surface area contributed by atoms with Gasteiger partial charge in [-0.1, -0.05) is 11.6 Å². The summed E-state index contributed by atoms with van der Waals surface area (Å²) in [5.41, 5.74) is 0.975. The van der Waals surface area contributed by atoms with Gasteiger partial charge >= 0.3 is 0 Å². The van der Waals surface area contributed by atoms with Crippen LogP contribution in [0.25, 0.3) is 0 Å². The second kappa shape index (κ2) is 11.8. The van der Waals surface area contributed by atoms with Crippen molar-refractivity contribution < 1.29 is 17.5 Å². The number of piperidine rings is 1. The molecule has 5 N–H and O–H groups in total. The minimum absolute atomic E-state index is 0.0390. The Kier molecular flexibility index (Phi) is 8.74. The van der Waals surface area contributed by atoms with Gasteiger partial charge in [-0.2, -0.15) is 4.98 Å². The van der Waals surface area contributed by atoms with Gasteiger partial charge in [0.2, 0.25) is 5.95 Å². The molecule has 10 nitrogen and oxygen atoms in total. The largest absolute Gasteiger partial charge is 0.488 e. The lowest BCUT2D eigenvalue weighted by atomic mass is 9.89. The Balaban J connectivity index is 1.62. The van der Waals surface area contributed by atoms with Gasteiger partial charge in [0, 0.05) is 19.3 Å². The molecule has 1 aromatic heterocycles. The fourth-order valence-corrected chi connectivity index (χ4v) is 5.06. The fourth-order valence-electron chi connectivity index (χ4n) is 4.03. The molecule has 1 saturated heterocycles. The summed E-state index contributed by atoms with van der Waals surface area (Å²) in [7, 11) is -2.29. The molecule has 0 unspecified atom stereocenters. The third-order valence-electron chi connectivity index (χ3n) is 6.38. The molecule has 2 aliphatic rings. The summed E-state index contributed by atoms with van der Waals surface area (Å²) in [5.74, 6) is 0.473. The maximum absolute atomic E-state index is 15.3. The molecule has 1 aliphatic carbocycles. The quantitative estimate of drug-likeness (QED) is 0.211. The average molecular weight is 566 g/mol. The zero-order valence-corrected chi connectivity index (χ0v) is 23.1. The van der Waals surface area contributed by atoms with Crippen LogP contribution in [0, 0.1) is 11.2 Å². The molecule has 0 bridgehead atoms. The van der Waals surface area contributed by atoms with Crippen molar-refractivity contribution in [1.29, 1.82) is 5.41 Å². The highest BCUT2D eigenvalue weighted by Crippen LogP contribution is 2.39. The number of sulfone groups is 1. The van der Waals surface area contributed by atoms with Gasteiger partial charge < -0.3 is 26.0 Å². The van der Waals surface area contributed by atoms with Crippen LogP contribution < -0.4 is 26.0 Å². The molecule has 1 aliphatic heterocycles. The van der Waals surface area contributed by atoms with Crippen LogP contribution in [0.4, 0.5) is 21.8 Å². The molecule has 0 spiro atoms. The SMILES string of the molecule is CN/C=C(/Nc1nc(Nc2cc(F)c(C3CCNCC3)cc2OC2CC2)ncc1Cl)C(=N)S(=O)(=O)C(C)C. The van der Waals surface area contributed by atoms with Crippen LogP contribution in [0.1, 0.15) is 51.0 Å². The van der Waals surface area contributed by atoms with Crippen molar-refractivity contribution in [2.45, 2.75) is 56.8 Å². The van der Waals surface area contributed by atoms with Crippen molar-refractivity contribution in [2.24, 2.45) is 0 Å². The molecule has 4 rings (SSSR count). The molecule has 2 heterocycles. The highest BCUT2D eigenvalue weighted by atomic mass is 35.5. The van der Waals surface area contributed by atoms with E-state index in [1.54, 1.807) is 13.1 Å². The zero-order chi connectivity index (χ0) is 27.4. The summed E-state index contributed by atoms with van der Waals surface area (Å²) < 4.78 is 46.5. The maximum Gasteiger partial charge on any atom is 0.229 e. The highest BCUT2D eigenvalue weighted by molar-refractivity contribution is 8.07. The number of rotatable bonds is 10. The van der Waals surface area contributed by atoms with Crippen LogP contribution in [-0.2, 0) is 9.84 Å². The molecule has 1 aromatic carbocycles. The van der Waals surface area contributed by atoms with E-state index in [-0.39, 0.29) is 40.3 Å². The van der Waals surface area contributed by atoms with Gasteiger partial charge in [0.25, 0.3) is 0 Å². The third-order valence-corrected chi connectivity index (χ3v) is 8.68. The van der Waals surface area contributed by atoms with Crippen molar-refractivity contribution in [1.82, 2.24) is 20.6 Å². The minimum Gasteiger partial charge on any atom is -0.488 e. The smallest absolute Gasteiger partial charge is 0.229 e. The van der Waals surface area contributed by atoms with E-state index in [0.717, 1.165) is 38.8 Å². The van der Waals surface area contributed by atoms with Crippen molar-refractivity contribution in [3.8, 4) is 5.75 Å². The van der Waals surface area contributed by atoms with Gasteiger partial charge in [-0.15, -0.1) is 0 Å². The van der Waals surface area contributed by atoms with E-state index < -0.39 is 20.1 Å². The average Bonchev–Trinajstić information content (AvgIpc) is 3.71. The molecular formula is C25H33ClFN7O3S. The van der Waals surface area contributed by atoms with Gasteiger partial charge in [0.15, 0.2) is 20.7 Å². The van der Waals surface area contributed by atoms with Gasteiger partial charge in [-0.25, -0.2) is 17.8 Å². The van der Waals surface area contributed by atoms with E-state index in [4.69, 9.17) is 21.7 Å². The van der Waals surface area contributed by atoms with Gasteiger partial charge in [-0.3, -0.25) is 5.41 Å². The van der Waals surface area contributed by atoms with Crippen molar-refractivity contribution >= 4 is 43.9 Å². The van der Waals surface area contributed by atoms with E-state index in [1.165, 1.54) is 32.3 Å². The Morgan fingerprint density at radius 2 is 1.97 bits per heavy atom. The topological polar surface area (TPSA) is 141 Å². The van der Waals surface area contributed by atoms with Crippen molar-refractivity contribution in [2.75, 3.05) is 30.8 Å². The van der Waals surface area contributed by atoms with Crippen LogP contribution >= 0.6 is 11.6 Å². The number of hydrogen-bond acceptors (Lipinski definition) is 10. The molecule has 0 atom stereocenters. The molecule has 206 valence electrons. The number of nitrogens with zero attached hydrogens (tertiary/aromatic N) is 2. The lowest BCUT2D eigenvalue weighted by Gasteiger charge is -2.24. The first-order valence-electron chi connectivity index (χ1n) is 12.6. The van der Waals surface area contributed by atoms with Gasteiger partial charge in [0.05, 0.1) is 28.9 Å². The fraction of sp³-hybridized carbons (Fsp3) is 0.480. The van der Waals surface area contributed by atoms with Crippen LogP contribution in [0.15, 0.2) is 30.2 Å². The van der Waals surface area contributed by atoms with E-state index in [2.05, 4.69) is 31.2 Å².